The first kappa shape index (κ1) is 8.89. The van der Waals surface area contributed by atoms with E-state index in [1.54, 1.807) is 6.92 Å². The Bertz CT molecular complexity index is 65.9. The van der Waals surface area contributed by atoms with Gasteiger partial charge in [0.25, 0.3) is 0 Å². The van der Waals surface area contributed by atoms with Crippen LogP contribution in [0.4, 0.5) is 4.39 Å². The van der Waals surface area contributed by atoms with Crippen LogP contribution in [0, 0.1) is 0 Å². The summed E-state index contributed by atoms with van der Waals surface area (Å²) in [6.07, 6.45) is 0.453. The molecule has 0 bridgehead atoms. The normalized spacial score (nSPS) is 17.3. The maximum Gasteiger partial charge on any atom is 0.126 e. The van der Waals surface area contributed by atoms with Gasteiger partial charge in [-0.3, -0.25) is 0 Å². The molecule has 0 spiro atoms. The largest absolute Gasteiger partial charge is 0.379 e. The van der Waals surface area contributed by atoms with Crippen LogP contribution in [0.25, 0.3) is 0 Å². The Hall–Kier alpha value is -0.110. The van der Waals surface area contributed by atoms with Crippen LogP contribution in [0.15, 0.2) is 0 Å². The standard InChI is InChI=1S/C7H15FO/c1-4-5-7(8)6(2)9-3/h6-7H,4-5H2,1-3H3. The number of hydrogen-bond acceptors (Lipinski definition) is 1. The number of rotatable bonds is 4. The zero-order valence-electron chi connectivity index (χ0n) is 6.36. The van der Waals surface area contributed by atoms with Gasteiger partial charge < -0.3 is 4.74 Å². The fraction of sp³-hybridized carbons (Fsp3) is 1.00. The van der Waals surface area contributed by atoms with Crippen LogP contribution in [0.5, 0.6) is 0 Å². The van der Waals surface area contributed by atoms with Gasteiger partial charge in [0, 0.05) is 7.11 Å². The summed E-state index contributed by atoms with van der Waals surface area (Å²) in [5.74, 6) is 0. The molecule has 0 aliphatic carbocycles. The van der Waals surface area contributed by atoms with Gasteiger partial charge in [-0.05, 0) is 13.3 Å². The maximum atomic E-state index is 12.7. The maximum absolute atomic E-state index is 12.7. The number of ether oxygens (including phenoxy) is 1. The first-order valence-corrected chi connectivity index (χ1v) is 3.39. The van der Waals surface area contributed by atoms with Crippen LogP contribution in [-0.4, -0.2) is 19.4 Å². The molecule has 0 aromatic carbocycles. The summed E-state index contributed by atoms with van der Waals surface area (Å²) in [5, 5.41) is 0. The van der Waals surface area contributed by atoms with E-state index < -0.39 is 6.17 Å². The molecule has 0 aliphatic heterocycles. The molecule has 0 N–H and O–H groups in total. The quantitative estimate of drug-likeness (QED) is 0.572. The molecular formula is C7H15FO. The summed E-state index contributed by atoms with van der Waals surface area (Å²) in [4.78, 5) is 0. The Balaban J connectivity index is 3.32. The summed E-state index contributed by atoms with van der Waals surface area (Å²) >= 11 is 0. The van der Waals surface area contributed by atoms with Crippen molar-refractivity contribution in [3.05, 3.63) is 0 Å². The van der Waals surface area contributed by atoms with Crippen LogP contribution < -0.4 is 0 Å². The van der Waals surface area contributed by atoms with Crippen LogP contribution >= 0.6 is 0 Å². The number of methoxy groups -OCH3 is 1. The third-order valence-corrected chi connectivity index (χ3v) is 1.45. The van der Waals surface area contributed by atoms with E-state index in [9.17, 15) is 4.39 Å². The highest BCUT2D eigenvalue weighted by molar-refractivity contribution is 4.62. The molecule has 9 heavy (non-hydrogen) atoms. The van der Waals surface area contributed by atoms with Crippen molar-refractivity contribution in [2.24, 2.45) is 0 Å². The lowest BCUT2D eigenvalue weighted by atomic mass is 10.1. The summed E-state index contributed by atoms with van der Waals surface area (Å²) < 4.78 is 17.5. The van der Waals surface area contributed by atoms with E-state index in [1.807, 2.05) is 6.92 Å². The summed E-state index contributed by atoms with van der Waals surface area (Å²) in [6.45, 7) is 3.72. The summed E-state index contributed by atoms with van der Waals surface area (Å²) in [6, 6.07) is 0. The average molecular weight is 134 g/mol. The lowest BCUT2D eigenvalue weighted by molar-refractivity contribution is 0.0419. The molecule has 2 atom stereocenters. The average Bonchev–Trinajstić information content (AvgIpc) is 1.87. The van der Waals surface area contributed by atoms with E-state index in [-0.39, 0.29) is 6.10 Å². The molecule has 0 amide bonds. The van der Waals surface area contributed by atoms with Crippen molar-refractivity contribution in [2.45, 2.75) is 39.0 Å². The third kappa shape index (κ3) is 3.46. The van der Waals surface area contributed by atoms with Gasteiger partial charge in [0.2, 0.25) is 0 Å². The molecule has 0 radical (unpaired) electrons. The van der Waals surface area contributed by atoms with Crippen LogP contribution in [0.1, 0.15) is 26.7 Å². The predicted octanol–water partition coefficient (Wildman–Crippen LogP) is 2.16. The van der Waals surface area contributed by atoms with Gasteiger partial charge in [0.15, 0.2) is 0 Å². The van der Waals surface area contributed by atoms with Crippen molar-refractivity contribution in [3.63, 3.8) is 0 Å². The van der Waals surface area contributed by atoms with Crippen molar-refractivity contribution < 1.29 is 9.13 Å². The van der Waals surface area contributed by atoms with Crippen molar-refractivity contribution in [1.29, 1.82) is 0 Å². The molecule has 0 fully saturated rings. The summed E-state index contributed by atoms with van der Waals surface area (Å²) in [7, 11) is 1.53. The van der Waals surface area contributed by atoms with E-state index in [4.69, 9.17) is 4.74 Å². The first-order chi connectivity index (χ1) is 4.22. The molecule has 0 heterocycles. The second-order valence-electron chi connectivity index (χ2n) is 2.25. The van der Waals surface area contributed by atoms with E-state index >= 15 is 0 Å². The Kier molecular flexibility index (Phi) is 4.68. The SMILES string of the molecule is CCCC(F)C(C)OC. The fourth-order valence-electron chi connectivity index (χ4n) is 0.658. The molecule has 0 saturated carbocycles. The minimum atomic E-state index is -0.792. The van der Waals surface area contributed by atoms with Crippen molar-refractivity contribution >= 4 is 0 Å². The highest BCUT2D eigenvalue weighted by atomic mass is 19.1. The van der Waals surface area contributed by atoms with E-state index in [2.05, 4.69) is 0 Å². The zero-order chi connectivity index (χ0) is 7.28. The monoisotopic (exact) mass is 134 g/mol. The Morgan fingerprint density at radius 1 is 1.56 bits per heavy atom. The molecule has 0 saturated heterocycles. The second kappa shape index (κ2) is 4.74. The number of hydrogen-bond donors (Lipinski definition) is 0. The molecule has 2 heteroatoms. The molecule has 0 rings (SSSR count). The van der Waals surface area contributed by atoms with Gasteiger partial charge in [-0.25, -0.2) is 4.39 Å². The van der Waals surface area contributed by atoms with Crippen LogP contribution in [-0.2, 0) is 4.74 Å². The minimum absolute atomic E-state index is 0.245. The molecule has 0 aliphatic rings. The van der Waals surface area contributed by atoms with Gasteiger partial charge in [0.05, 0.1) is 6.10 Å². The number of alkyl halides is 1. The van der Waals surface area contributed by atoms with E-state index in [0.29, 0.717) is 6.42 Å². The van der Waals surface area contributed by atoms with Crippen LogP contribution in [0.2, 0.25) is 0 Å². The number of halogens is 1. The molecule has 0 aromatic heterocycles. The lowest BCUT2D eigenvalue weighted by Crippen LogP contribution is -2.19. The lowest BCUT2D eigenvalue weighted by Gasteiger charge is -2.13. The third-order valence-electron chi connectivity index (χ3n) is 1.45. The van der Waals surface area contributed by atoms with Crippen molar-refractivity contribution in [3.8, 4) is 0 Å². The molecule has 0 aromatic rings. The zero-order valence-corrected chi connectivity index (χ0v) is 6.36. The molecule has 2 unspecified atom stereocenters. The van der Waals surface area contributed by atoms with Gasteiger partial charge in [-0.15, -0.1) is 0 Å². The molecular weight excluding hydrogens is 119 g/mol. The Morgan fingerprint density at radius 3 is 2.44 bits per heavy atom. The van der Waals surface area contributed by atoms with Gasteiger partial charge in [0.1, 0.15) is 6.17 Å². The van der Waals surface area contributed by atoms with Gasteiger partial charge in [-0.2, -0.15) is 0 Å². The van der Waals surface area contributed by atoms with Gasteiger partial charge >= 0.3 is 0 Å². The first-order valence-electron chi connectivity index (χ1n) is 3.39. The highest BCUT2D eigenvalue weighted by Crippen LogP contribution is 2.08. The molecule has 56 valence electrons. The molecule has 1 nitrogen and oxygen atoms in total. The summed E-state index contributed by atoms with van der Waals surface area (Å²) in [5.41, 5.74) is 0. The van der Waals surface area contributed by atoms with Crippen LogP contribution in [0.3, 0.4) is 0 Å². The van der Waals surface area contributed by atoms with E-state index in [0.717, 1.165) is 6.42 Å². The van der Waals surface area contributed by atoms with Crippen molar-refractivity contribution in [2.75, 3.05) is 7.11 Å². The Morgan fingerprint density at radius 2 is 2.11 bits per heavy atom. The Labute approximate surface area is 56.2 Å². The van der Waals surface area contributed by atoms with E-state index in [1.165, 1.54) is 7.11 Å². The predicted molar refractivity (Wildman–Crippen MR) is 36.3 cm³/mol. The second-order valence-corrected chi connectivity index (χ2v) is 2.25. The van der Waals surface area contributed by atoms with Crippen molar-refractivity contribution in [1.82, 2.24) is 0 Å². The minimum Gasteiger partial charge on any atom is -0.379 e. The highest BCUT2D eigenvalue weighted by Gasteiger charge is 2.12. The fourth-order valence-corrected chi connectivity index (χ4v) is 0.658. The topological polar surface area (TPSA) is 9.23 Å². The van der Waals surface area contributed by atoms with Gasteiger partial charge in [-0.1, -0.05) is 13.3 Å². The smallest absolute Gasteiger partial charge is 0.126 e.